The molecule has 0 aliphatic rings. The molecule has 0 aliphatic heterocycles. The Balaban J connectivity index is 2.03. The fourth-order valence-corrected chi connectivity index (χ4v) is 2.31. The van der Waals surface area contributed by atoms with Crippen molar-refractivity contribution in [3.63, 3.8) is 0 Å². The van der Waals surface area contributed by atoms with E-state index >= 15 is 0 Å². The van der Waals surface area contributed by atoms with Gasteiger partial charge in [0.2, 0.25) is 0 Å². The predicted molar refractivity (Wildman–Crippen MR) is 89.0 cm³/mol. The van der Waals surface area contributed by atoms with Crippen molar-refractivity contribution in [3.05, 3.63) is 52.8 Å². The molecule has 7 heteroatoms. The van der Waals surface area contributed by atoms with E-state index < -0.39 is 5.91 Å². The normalized spacial score (nSPS) is 10.5. The van der Waals surface area contributed by atoms with Crippen LogP contribution in [0.25, 0.3) is 22.3 Å². The average molecular weight is 325 g/mol. The minimum Gasteiger partial charge on any atom is -0.493 e. The van der Waals surface area contributed by atoms with Crippen LogP contribution in [-0.2, 0) is 4.79 Å². The van der Waals surface area contributed by atoms with Gasteiger partial charge in [0.25, 0.3) is 11.5 Å². The lowest BCUT2D eigenvalue weighted by molar-refractivity contribution is -0.119. The quantitative estimate of drug-likeness (QED) is 0.738. The van der Waals surface area contributed by atoms with Gasteiger partial charge in [-0.15, -0.1) is 0 Å². The summed E-state index contributed by atoms with van der Waals surface area (Å²) >= 11 is 0. The topological polar surface area (TPSA) is 107 Å². The van der Waals surface area contributed by atoms with E-state index in [2.05, 4.69) is 9.97 Å². The van der Waals surface area contributed by atoms with Crippen LogP contribution in [-0.4, -0.2) is 29.6 Å². The molecule has 0 saturated carbocycles. The molecule has 122 valence electrons. The number of aromatic amines is 1. The molecule has 1 aromatic heterocycles. The number of para-hydroxylation sites is 1. The van der Waals surface area contributed by atoms with E-state index in [-0.39, 0.29) is 12.2 Å². The van der Waals surface area contributed by atoms with Crippen molar-refractivity contribution in [2.45, 2.75) is 0 Å². The summed E-state index contributed by atoms with van der Waals surface area (Å²) in [6, 6.07) is 12.1. The molecule has 0 aliphatic carbocycles. The molecule has 2 aromatic carbocycles. The lowest BCUT2D eigenvalue weighted by Crippen LogP contribution is -2.20. The number of ether oxygens (including phenoxy) is 2. The molecular formula is C17H15N3O4. The molecule has 3 aromatic rings. The Kier molecular flexibility index (Phi) is 4.15. The van der Waals surface area contributed by atoms with Crippen LogP contribution in [0.15, 0.2) is 47.3 Å². The van der Waals surface area contributed by atoms with Crippen molar-refractivity contribution < 1.29 is 14.3 Å². The van der Waals surface area contributed by atoms with Gasteiger partial charge in [0.1, 0.15) is 5.82 Å². The highest BCUT2D eigenvalue weighted by Gasteiger charge is 2.11. The number of rotatable bonds is 5. The van der Waals surface area contributed by atoms with Crippen LogP contribution in [0.3, 0.4) is 0 Å². The van der Waals surface area contributed by atoms with E-state index in [0.29, 0.717) is 33.8 Å². The van der Waals surface area contributed by atoms with Crippen molar-refractivity contribution in [1.82, 2.24) is 9.97 Å². The van der Waals surface area contributed by atoms with Crippen LogP contribution in [0.4, 0.5) is 0 Å². The van der Waals surface area contributed by atoms with Crippen LogP contribution < -0.4 is 20.8 Å². The van der Waals surface area contributed by atoms with E-state index in [9.17, 15) is 9.59 Å². The summed E-state index contributed by atoms with van der Waals surface area (Å²) < 4.78 is 10.5. The van der Waals surface area contributed by atoms with Gasteiger partial charge in [0.05, 0.1) is 18.0 Å². The molecule has 1 heterocycles. The molecule has 3 N–H and O–H groups in total. The second kappa shape index (κ2) is 6.41. The van der Waals surface area contributed by atoms with Gasteiger partial charge in [-0.1, -0.05) is 12.1 Å². The summed E-state index contributed by atoms with van der Waals surface area (Å²) in [5.74, 6) is 0.618. The smallest absolute Gasteiger partial charge is 0.259 e. The number of nitrogens with zero attached hydrogens (tertiary/aromatic N) is 1. The first-order chi connectivity index (χ1) is 11.6. The number of carbonyl (C=O) groups excluding carboxylic acids is 1. The summed E-state index contributed by atoms with van der Waals surface area (Å²) in [7, 11) is 1.48. The number of H-pyrrole nitrogens is 1. The van der Waals surface area contributed by atoms with Gasteiger partial charge in [-0.3, -0.25) is 9.59 Å². The number of hydrogen-bond donors (Lipinski definition) is 2. The third kappa shape index (κ3) is 3.05. The largest absolute Gasteiger partial charge is 0.493 e. The fraction of sp³-hybridized carbons (Fsp3) is 0.118. The average Bonchev–Trinajstić information content (AvgIpc) is 2.59. The third-order valence-corrected chi connectivity index (χ3v) is 3.42. The van der Waals surface area contributed by atoms with Crippen LogP contribution in [0, 0.1) is 0 Å². The molecule has 0 atom stereocenters. The van der Waals surface area contributed by atoms with E-state index in [0.717, 1.165) is 0 Å². The van der Waals surface area contributed by atoms with Crippen molar-refractivity contribution in [2.75, 3.05) is 13.7 Å². The molecule has 3 rings (SSSR count). The summed E-state index contributed by atoms with van der Waals surface area (Å²) in [5, 5.41) is 0.523. The van der Waals surface area contributed by atoms with Crippen LogP contribution in [0.5, 0.6) is 11.5 Å². The summed E-state index contributed by atoms with van der Waals surface area (Å²) in [5.41, 5.74) is 6.10. The van der Waals surface area contributed by atoms with Crippen molar-refractivity contribution in [2.24, 2.45) is 5.73 Å². The maximum absolute atomic E-state index is 12.2. The lowest BCUT2D eigenvalue weighted by Gasteiger charge is -2.11. The maximum atomic E-state index is 12.2. The van der Waals surface area contributed by atoms with E-state index in [4.69, 9.17) is 15.2 Å². The number of hydrogen-bond acceptors (Lipinski definition) is 5. The number of methoxy groups -OCH3 is 1. The van der Waals surface area contributed by atoms with Crippen molar-refractivity contribution in [3.8, 4) is 22.9 Å². The zero-order valence-corrected chi connectivity index (χ0v) is 12.9. The Morgan fingerprint density at radius 3 is 2.75 bits per heavy atom. The molecular weight excluding hydrogens is 310 g/mol. The molecule has 0 radical (unpaired) electrons. The van der Waals surface area contributed by atoms with Crippen LogP contribution >= 0.6 is 0 Å². The first kappa shape index (κ1) is 15.5. The molecule has 7 nitrogen and oxygen atoms in total. The number of carbonyl (C=O) groups is 1. The van der Waals surface area contributed by atoms with Crippen molar-refractivity contribution in [1.29, 1.82) is 0 Å². The minimum atomic E-state index is -0.582. The molecule has 0 bridgehead atoms. The van der Waals surface area contributed by atoms with Gasteiger partial charge in [-0.2, -0.15) is 0 Å². The fourth-order valence-electron chi connectivity index (χ4n) is 2.31. The van der Waals surface area contributed by atoms with Gasteiger partial charge >= 0.3 is 0 Å². The first-order valence-electron chi connectivity index (χ1n) is 7.17. The van der Waals surface area contributed by atoms with Gasteiger partial charge in [0.15, 0.2) is 18.1 Å². The number of nitrogens with two attached hydrogens (primary N) is 1. The van der Waals surface area contributed by atoms with E-state index in [1.807, 2.05) is 6.07 Å². The number of aromatic nitrogens is 2. The number of benzene rings is 2. The molecule has 0 saturated heterocycles. The standard InChI is InChI=1S/C17H15N3O4/c1-23-14-8-10(6-7-13(14)24-9-15(18)21)16-19-12-5-3-2-4-11(12)17(22)20-16/h2-8H,9H2,1H3,(H2,18,21)(H,19,20,22). The third-order valence-electron chi connectivity index (χ3n) is 3.42. The number of primary amides is 1. The Bertz CT molecular complexity index is 965. The Labute approximate surface area is 137 Å². The Morgan fingerprint density at radius 2 is 2.00 bits per heavy atom. The van der Waals surface area contributed by atoms with Gasteiger partial charge < -0.3 is 20.2 Å². The number of nitrogens with one attached hydrogen (secondary N) is 1. The first-order valence-corrected chi connectivity index (χ1v) is 7.17. The lowest BCUT2D eigenvalue weighted by atomic mass is 10.1. The molecule has 0 fully saturated rings. The highest BCUT2D eigenvalue weighted by Crippen LogP contribution is 2.31. The van der Waals surface area contributed by atoms with E-state index in [1.54, 1.807) is 36.4 Å². The molecule has 0 spiro atoms. The maximum Gasteiger partial charge on any atom is 0.259 e. The zero-order valence-electron chi connectivity index (χ0n) is 12.9. The zero-order chi connectivity index (χ0) is 17.1. The van der Waals surface area contributed by atoms with Crippen molar-refractivity contribution >= 4 is 16.8 Å². The molecule has 1 amide bonds. The predicted octanol–water partition coefficient (Wildman–Crippen LogP) is 1.46. The summed E-state index contributed by atoms with van der Waals surface area (Å²) in [6.45, 7) is -0.249. The summed E-state index contributed by atoms with van der Waals surface area (Å²) in [6.07, 6.45) is 0. The molecule has 24 heavy (non-hydrogen) atoms. The van der Waals surface area contributed by atoms with Gasteiger partial charge in [-0.25, -0.2) is 4.98 Å². The highest BCUT2D eigenvalue weighted by atomic mass is 16.5. The second-order valence-electron chi connectivity index (χ2n) is 5.05. The Morgan fingerprint density at radius 1 is 1.21 bits per heavy atom. The minimum absolute atomic E-state index is 0.219. The van der Waals surface area contributed by atoms with E-state index in [1.165, 1.54) is 7.11 Å². The number of amides is 1. The highest BCUT2D eigenvalue weighted by molar-refractivity contribution is 5.79. The molecule has 0 unspecified atom stereocenters. The SMILES string of the molecule is COc1cc(-c2nc3ccccc3c(=O)[nH]2)ccc1OCC(N)=O. The second-order valence-corrected chi connectivity index (χ2v) is 5.05. The Hall–Kier alpha value is -3.35. The van der Waals surface area contributed by atoms with Crippen LogP contribution in [0.2, 0.25) is 0 Å². The van der Waals surface area contributed by atoms with Gasteiger partial charge in [0, 0.05) is 5.56 Å². The van der Waals surface area contributed by atoms with Crippen LogP contribution in [0.1, 0.15) is 0 Å². The summed E-state index contributed by atoms with van der Waals surface area (Å²) in [4.78, 5) is 30.2. The monoisotopic (exact) mass is 325 g/mol. The van der Waals surface area contributed by atoms with Gasteiger partial charge in [-0.05, 0) is 30.3 Å². The number of fused-ring (bicyclic) bond motifs is 1.